The summed E-state index contributed by atoms with van der Waals surface area (Å²) in [6.45, 7) is 1.95. The van der Waals surface area contributed by atoms with E-state index in [0.29, 0.717) is 44.6 Å². The Balaban J connectivity index is 1.52. The second-order valence-corrected chi connectivity index (χ2v) is 9.30. The maximum absolute atomic E-state index is 13.5. The van der Waals surface area contributed by atoms with Crippen molar-refractivity contribution in [2.75, 3.05) is 7.11 Å². The van der Waals surface area contributed by atoms with E-state index in [1.54, 1.807) is 19.2 Å². The molecule has 6 aromatic rings. The summed E-state index contributed by atoms with van der Waals surface area (Å²) in [5.41, 5.74) is 3.15. The molecule has 9 heteroatoms. The molecule has 178 valence electrons. The van der Waals surface area contributed by atoms with Gasteiger partial charge in [0.2, 0.25) is 5.78 Å². The van der Waals surface area contributed by atoms with E-state index in [4.69, 9.17) is 9.15 Å². The van der Waals surface area contributed by atoms with Crippen LogP contribution in [0.2, 0.25) is 0 Å². The highest BCUT2D eigenvalue weighted by atomic mass is 32.2. The molecule has 3 heterocycles. The van der Waals surface area contributed by atoms with Crippen molar-refractivity contribution >= 4 is 39.4 Å². The van der Waals surface area contributed by atoms with Gasteiger partial charge in [-0.2, -0.15) is 0 Å². The normalized spacial score (nSPS) is 11.5. The van der Waals surface area contributed by atoms with Crippen molar-refractivity contribution < 1.29 is 9.15 Å². The number of methoxy groups -OCH3 is 1. The quantitative estimate of drug-likeness (QED) is 0.251. The van der Waals surface area contributed by atoms with Crippen LogP contribution in [0.5, 0.6) is 5.75 Å². The Labute approximate surface area is 208 Å². The molecule has 6 rings (SSSR count). The lowest BCUT2D eigenvalue weighted by Gasteiger charge is -2.12. The molecular weight excluding hydrogens is 476 g/mol. The van der Waals surface area contributed by atoms with Gasteiger partial charge in [0.25, 0.3) is 5.56 Å². The minimum Gasteiger partial charge on any atom is -0.497 e. The molecule has 0 aliphatic heterocycles. The third-order valence-corrected chi connectivity index (χ3v) is 7.03. The highest BCUT2D eigenvalue weighted by Crippen LogP contribution is 2.29. The van der Waals surface area contributed by atoms with Crippen molar-refractivity contribution in [3.8, 4) is 11.4 Å². The number of nitrogens with zero attached hydrogens (tertiary/aromatic N) is 4. The number of fused-ring (bicyclic) bond motifs is 4. The number of aryl methyl sites for hydroxylation is 1. The van der Waals surface area contributed by atoms with Gasteiger partial charge in [-0.25, -0.2) is 9.36 Å². The molecule has 8 nitrogen and oxygen atoms in total. The maximum atomic E-state index is 13.5. The lowest BCUT2D eigenvalue weighted by molar-refractivity contribution is 0.414. The number of ether oxygens (including phenoxy) is 1. The van der Waals surface area contributed by atoms with Gasteiger partial charge < -0.3 is 9.15 Å². The summed E-state index contributed by atoms with van der Waals surface area (Å²) in [5.74, 6) is 1.49. The zero-order valence-corrected chi connectivity index (χ0v) is 20.3. The Bertz CT molecular complexity index is 1900. The fraction of sp³-hybridized carbons (Fsp3) is 0.111. The summed E-state index contributed by atoms with van der Waals surface area (Å²) in [4.78, 5) is 25.7. The van der Waals surface area contributed by atoms with E-state index in [1.807, 2.05) is 65.9 Å². The van der Waals surface area contributed by atoms with Crippen molar-refractivity contribution in [3.05, 3.63) is 105 Å². The number of rotatable bonds is 5. The second-order valence-electron chi connectivity index (χ2n) is 8.36. The van der Waals surface area contributed by atoms with Crippen molar-refractivity contribution in [1.29, 1.82) is 0 Å². The SMILES string of the molecule is COc1cccc(-n2c(=O)c3ccccc3n3c(SCc4cc(=O)oc5cc(C)ccc45)nnc23)c1. The van der Waals surface area contributed by atoms with E-state index >= 15 is 0 Å². The maximum Gasteiger partial charge on any atom is 0.336 e. The van der Waals surface area contributed by atoms with Gasteiger partial charge >= 0.3 is 5.63 Å². The van der Waals surface area contributed by atoms with Crippen LogP contribution in [-0.2, 0) is 5.75 Å². The molecule has 36 heavy (non-hydrogen) atoms. The van der Waals surface area contributed by atoms with Crippen LogP contribution < -0.4 is 15.9 Å². The van der Waals surface area contributed by atoms with E-state index in [9.17, 15) is 9.59 Å². The Morgan fingerprint density at radius 3 is 2.67 bits per heavy atom. The predicted octanol–water partition coefficient (Wildman–Crippen LogP) is 4.75. The van der Waals surface area contributed by atoms with Crippen LogP contribution in [-0.4, -0.2) is 26.3 Å². The summed E-state index contributed by atoms with van der Waals surface area (Å²) in [6.07, 6.45) is 0. The molecule has 0 aliphatic carbocycles. The topological polar surface area (TPSA) is 91.6 Å². The molecule has 0 fully saturated rings. The Hall–Kier alpha value is -4.37. The zero-order chi connectivity index (χ0) is 24.8. The van der Waals surface area contributed by atoms with Crippen LogP contribution in [0.25, 0.3) is 33.3 Å². The molecule has 0 radical (unpaired) electrons. The summed E-state index contributed by atoms with van der Waals surface area (Å²) in [7, 11) is 1.58. The van der Waals surface area contributed by atoms with Crippen LogP contribution in [0.1, 0.15) is 11.1 Å². The van der Waals surface area contributed by atoms with Gasteiger partial charge in [0, 0.05) is 23.3 Å². The molecule has 0 N–H and O–H groups in total. The first-order valence-electron chi connectivity index (χ1n) is 11.2. The predicted molar refractivity (Wildman–Crippen MR) is 139 cm³/mol. The second kappa shape index (κ2) is 8.69. The van der Waals surface area contributed by atoms with Gasteiger partial charge in [0.1, 0.15) is 11.3 Å². The number of para-hydroxylation sites is 1. The lowest BCUT2D eigenvalue weighted by atomic mass is 10.1. The molecule has 0 unspecified atom stereocenters. The van der Waals surface area contributed by atoms with E-state index in [-0.39, 0.29) is 5.56 Å². The average molecular weight is 497 g/mol. The molecule has 0 spiro atoms. The van der Waals surface area contributed by atoms with Crippen LogP contribution in [0, 0.1) is 6.92 Å². The Kier molecular flexibility index (Phi) is 5.34. The summed E-state index contributed by atoms with van der Waals surface area (Å²) in [5, 5.41) is 10.8. The monoisotopic (exact) mass is 496 g/mol. The molecular formula is C27H20N4O4S. The van der Waals surface area contributed by atoms with Gasteiger partial charge in [-0.15, -0.1) is 10.2 Å². The number of benzene rings is 3. The molecule has 3 aromatic carbocycles. The first kappa shape index (κ1) is 22.1. The minimum absolute atomic E-state index is 0.197. The Morgan fingerprint density at radius 2 is 1.81 bits per heavy atom. The van der Waals surface area contributed by atoms with E-state index in [2.05, 4.69) is 10.2 Å². The van der Waals surface area contributed by atoms with E-state index in [1.165, 1.54) is 22.4 Å². The molecule has 0 atom stereocenters. The van der Waals surface area contributed by atoms with Crippen LogP contribution in [0.15, 0.2) is 92.0 Å². The van der Waals surface area contributed by atoms with Crippen molar-refractivity contribution in [2.45, 2.75) is 17.8 Å². The largest absolute Gasteiger partial charge is 0.497 e. The van der Waals surface area contributed by atoms with Crippen LogP contribution in [0.4, 0.5) is 0 Å². The van der Waals surface area contributed by atoms with Crippen molar-refractivity contribution in [2.24, 2.45) is 0 Å². The van der Waals surface area contributed by atoms with Gasteiger partial charge in [-0.1, -0.05) is 42.1 Å². The van der Waals surface area contributed by atoms with Crippen LogP contribution >= 0.6 is 11.8 Å². The molecule has 0 aliphatic rings. The third kappa shape index (κ3) is 3.64. The molecule has 0 saturated carbocycles. The summed E-state index contributed by atoms with van der Waals surface area (Å²) < 4.78 is 14.2. The van der Waals surface area contributed by atoms with Gasteiger partial charge in [-0.05, 0) is 48.4 Å². The van der Waals surface area contributed by atoms with E-state index in [0.717, 1.165) is 16.5 Å². The first-order valence-corrected chi connectivity index (χ1v) is 12.2. The number of hydrogen-bond donors (Lipinski definition) is 0. The lowest BCUT2D eigenvalue weighted by Crippen LogP contribution is -2.21. The fourth-order valence-electron chi connectivity index (χ4n) is 4.35. The smallest absolute Gasteiger partial charge is 0.336 e. The van der Waals surface area contributed by atoms with Gasteiger partial charge in [0.05, 0.1) is 23.7 Å². The number of hydrogen-bond acceptors (Lipinski definition) is 7. The van der Waals surface area contributed by atoms with Crippen molar-refractivity contribution in [1.82, 2.24) is 19.2 Å². The molecule has 0 amide bonds. The number of aromatic nitrogens is 4. The fourth-order valence-corrected chi connectivity index (χ4v) is 5.28. The molecule has 0 saturated heterocycles. The number of thioether (sulfide) groups is 1. The standard InChI is InChI=1S/C27H20N4O4S/c1-16-10-11-20-17(13-24(32)35-23(20)12-16)15-36-27-29-28-26-30(18-6-5-7-19(14-18)34-2)25(33)21-8-3-4-9-22(21)31(26)27/h3-14H,15H2,1-2H3. The highest BCUT2D eigenvalue weighted by molar-refractivity contribution is 7.98. The summed E-state index contributed by atoms with van der Waals surface area (Å²) in [6, 6.07) is 22.0. The van der Waals surface area contributed by atoms with Crippen molar-refractivity contribution in [3.63, 3.8) is 0 Å². The van der Waals surface area contributed by atoms with Gasteiger partial charge in [-0.3, -0.25) is 9.20 Å². The van der Waals surface area contributed by atoms with Crippen LogP contribution in [0.3, 0.4) is 0 Å². The highest BCUT2D eigenvalue weighted by Gasteiger charge is 2.19. The van der Waals surface area contributed by atoms with Gasteiger partial charge in [0.15, 0.2) is 5.16 Å². The first-order chi connectivity index (χ1) is 17.5. The molecule has 0 bridgehead atoms. The Morgan fingerprint density at radius 1 is 0.944 bits per heavy atom. The average Bonchev–Trinajstić information content (AvgIpc) is 3.31. The summed E-state index contributed by atoms with van der Waals surface area (Å²) >= 11 is 1.44. The minimum atomic E-state index is -0.396. The van der Waals surface area contributed by atoms with E-state index < -0.39 is 5.63 Å². The molecule has 3 aromatic heterocycles. The third-order valence-electron chi connectivity index (χ3n) is 6.05. The zero-order valence-electron chi connectivity index (χ0n) is 19.5.